The van der Waals surface area contributed by atoms with Crippen LogP contribution in [0.5, 0.6) is 5.75 Å². The Morgan fingerprint density at radius 1 is 1.26 bits per heavy atom. The summed E-state index contributed by atoms with van der Waals surface area (Å²) in [6.45, 7) is 0.134. The maximum atomic E-state index is 12.5. The molecule has 2 fully saturated rings. The number of carbonyl (C=O) groups is 3. The molecule has 27 heavy (non-hydrogen) atoms. The molecule has 2 aromatic rings. The molecule has 142 valence electrons. The van der Waals surface area contributed by atoms with Gasteiger partial charge >= 0.3 is 0 Å². The van der Waals surface area contributed by atoms with E-state index in [2.05, 4.69) is 10.3 Å². The number of rotatable bonds is 5. The highest BCUT2D eigenvalue weighted by molar-refractivity contribution is 7.22. The topological polar surface area (TPSA) is 88.6 Å². The molecule has 0 spiro atoms. The van der Waals surface area contributed by atoms with Crippen LogP contribution in [-0.4, -0.2) is 41.3 Å². The Kier molecular flexibility index (Phi) is 4.82. The normalized spacial score (nSPS) is 22.2. The highest BCUT2D eigenvalue weighted by Crippen LogP contribution is 2.38. The molecule has 1 saturated carbocycles. The van der Waals surface area contributed by atoms with Crippen LogP contribution in [0, 0.1) is 11.8 Å². The minimum atomic E-state index is -0.253. The van der Waals surface area contributed by atoms with Crippen molar-refractivity contribution in [3.63, 3.8) is 0 Å². The van der Waals surface area contributed by atoms with Crippen LogP contribution in [0.2, 0.25) is 0 Å². The van der Waals surface area contributed by atoms with Gasteiger partial charge < -0.3 is 10.1 Å². The van der Waals surface area contributed by atoms with Crippen LogP contribution in [0.4, 0.5) is 5.13 Å². The molecule has 2 heterocycles. The van der Waals surface area contributed by atoms with Gasteiger partial charge in [0.05, 0.1) is 29.2 Å². The number of imide groups is 1. The molecule has 1 saturated heterocycles. The fourth-order valence-electron chi connectivity index (χ4n) is 3.93. The molecule has 2 aliphatic rings. The third-order valence-corrected chi connectivity index (χ3v) is 6.27. The smallest absolute Gasteiger partial charge is 0.233 e. The van der Waals surface area contributed by atoms with Crippen LogP contribution in [0.15, 0.2) is 18.2 Å². The second-order valence-electron chi connectivity index (χ2n) is 6.98. The van der Waals surface area contributed by atoms with Gasteiger partial charge in [-0.1, -0.05) is 24.2 Å². The lowest BCUT2D eigenvalue weighted by atomic mass is 9.81. The predicted octanol–water partition coefficient (Wildman–Crippen LogP) is 2.81. The molecular weight excluding hydrogens is 366 g/mol. The van der Waals surface area contributed by atoms with Crippen molar-refractivity contribution in [2.24, 2.45) is 11.8 Å². The first-order valence-corrected chi connectivity index (χ1v) is 9.98. The number of methoxy groups -OCH3 is 1. The van der Waals surface area contributed by atoms with Crippen molar-refractivity contribution in [3.8, 4) is 5.75 Å². The van der Waals surface area contributed by atoms with E-state index < -0.39 is 0 Å². The first kappa shape index (κ1) is 17.9. The van der Waals surface area contributed by atoms with E-state index in [4.69, 9.17) is 4.74 Å². The zero-order valence-electron chi connectivity index (χ0n) is 15.1. The zero-order valence-corrected chi connectivity index (χ0v) is 15.9. The molecular formula is C19H21N3O4S. The van der Waals surface area contributed by atoms with Crippen molar-refractivity contribution in [1.82, 2.24) is 9.88 Å². The lowest BCUT2D eigenvalue weighted by Crippen LogP contribution is -2.34. The third kappa shape index (κ3) is 3.41. The van der Waals surface area contributed by atoms with Crippen molar-refractivity contribution in [3.05, 3.63) is 18.2 Å². The molecule has 1 aliphatic heterocycles. The number of amides is 3. The first-order chi connectivity index (χ1) is 13.1. The number of nitrogens with zero attached hydrogens (tertiary/aromatic N) is 2. The average molecular weight is 387 g/mol. The van der Waals surface area contributed by atoms with E-state index in [1.165, 1.54) is 16.2 Å². The summed E-state index contributed by atoms with van der Waals surface area (Å²) < 4.78 is 6.11. The minimum absolute atomic E-state index is 0.0795. The number of hydrogen-bond donors (Lipinski definition) is 1. The summed E-state index contributed by atoms with van der Waals surface area (Å²) in [7, 11) is 1.60. The third-order valence-electron chi connectivity index (χ3n) is 5.34. The van der Waals surface area contributed by atoms with Crippen molar-refractivity contribution in [2.75, 3.05) is 19.0 Å². The molecule has 0 bridgehead atoms. The van der Waals surface area contributed by atoms with Crippen molar-refractivity contribution in [1.29, 1.82) is 0 Å². The van der Waals surface area contributed by atoms with Crippen molar-refractivity contribution in [2.45, 2.75) is 32.1 Å². The molecule has 2 atom stereocenters. The fraction of sp³-hybridized carbons (Fsp3) is 0.474. The molecule has 4 rings (SSSR count). The van der Waals surface area contributed by atoms with E-state index >= 15 is 0 Å². The van der Waals surface area contributed by atoms with E-state index in [0.717, 1.165) is 41.6 Å². The van der Waals surface area contributed by atoms with Crippen molar-refractivity contribution < 1.29 is 19.1 Å². The maximum absolute atomic E-state index is 12.5. The van der Waals surface area contributed by atoms with Gasteiger partial charge in [0.1, 0.15) is 5.75 Å². The van der Waals surface area contributed by atoms with Gasteiger partial charge in [0, 0.05) is 13.0 Å². The van der Waals surface area contributed by atoms with Gasteiger partial charge in [0.25, 0.3) is 0 Å². The molecule has 0 radical (unpaired) electrons. The number of aromatic nitrogens is 1. The molecule has 8 heteroatoms. The zero-order chi connectivity index (χ0) is 19.0. The monoisotopic (exact) mass is 387 g/mol. The molecule has 1 aromatic carbocycles. The van der Waals surface area contributed by atoms with E-state index in [1.54, 1.807) is 7.11 Å². The summed E-state index contributed by atoms with van der Waals surface area (Å²) in [5.74, 6) is -0.0793. The number of nitrogens with one attached hydrogen (secondary N) is 1. The summed E-state index contributed by atoms with van der Waals surface area (Å²) in [4.78, 5) is 42.8. The first-order valence-electron chi connectivity index (χ1n) is 9.16. The van der Waals surface area contributed by atoms with Gasteiger partial charge in [-0.15, -0.1) is 0 Å². The summed E-state index contributed by atoms with van der Waals surface area (Å²) >= 11 is 1.36. The number of likely N-dealkylation sites (tertiary alicyclic amines) is 1. The fourth-order valence-corrected chi connectivity index (χ4v) is 4.84. The molecule has 1 N–H and O–H groups in total. The Morgan fingerprint density at radius 3 is 2.63 bits per heavy atom. The van der Waals surface area contributed by atoms with E-state index in [-0.39, 0.29) is 42.5 Å². The molecule has 2 unspecified atom stereocenters. The van der Waals surface area contributed by atoms with Crippen molar-refractivity contribution >= 4 is 44.4 Å². The number of benzene rings is 1. The highest BCUT2D eigenvalue weighted by Gasteiger charge is 2.47. The Hall–Kier alpha value is -2.48. The van der Waals surface area contributed by atoms with Crippen LogP contribution in [-0.2, 0) is 14.4 Å². The second-order valence-corrected chi connectivity index (χ2v) is 8.01. The van der Waals surface area contributed by atoms with E-state index in [1.807, 2.05) is 18.2 Å². The van der Waals surface area contributed by atoms with Gasteiger partial charge in [-0.05, 0) is 31.0 Å². The Bertz CT molecular complexity index is 885. The summed E-state index contributed by atoms with van der Waals surface area (Å²) in [6, 6.07) is 5.52. The average Bonchev–Trinajstić information content (AvgIpc) is 3.18. The lowest BCUT2D eigenvalue weighted by Gasteiger charge is -2.19. The molecule has 7 nitrogen and oxygen atoms in total. The standard InChI is InChI=1S/C19H21N3O4S/c1-26-11-6-7-14-15(10-11)27-19(20-14)21-16(23)8-9-22-17(24)12-4-2-3-5-13(12)18(22)25/h6-7,10,12-13H,2-5,8-9H2,1H3,(H,20,21,23). The number of hydrogen-bond acceptors (Lipinski definition) is 6. The van der Waals surface area contributed by atoms with Gasteiger partial charge in [-0.3, -0.25) is 19.3 Å². The number of carbonyl (C=O) groups excluding carboxylic acids is 3. The Labute approximate surface area is 160 Å². The van der Waals surface area contributed by atoms with Crippen LogP contribution >= 0.6 is 11.3 Å². The minimum Gasteiger partial charge on any atom is -0.497 e. The van der Waals surface area contributed by atoms with Crippen LogP contribution in [0.25, 0.3) is 10.2 Å². The number of fused-ring (bicyclic) bond motifs is 2. The van der Waals surface area contributed by atoms with Gasteiger partial charge in [-0.25, -0.2) is 4.98 Å². The molecule has 1 aliphatic carbocycles. The number of thiazole rings is 1. The van der Waals surface area contributed by atoms with Crippen LogP contribution in [0.1, 0.15) is 32.1 Å². The van der Waals surface area contributed by atoms with Gasteiger partial charge in [0.15, 0.2) is 5.13 Å². The van der Waals surface area contributed by atoms with E-state index in [0.29, 0.717) is 5.13 Å². The number of ether oxygens (including phenoxy) is 1. The summed E-state index contributed by atoms with van der Waals surface area (Å²) in [5, 5.41) is 3.26. The largest absolute Gasteiger partial charge is 0.497 e. The van der Waals surface area contributed by atoms with Crippen LogP contribution < -0.4 is 10.1 Å². The Balaban J connectivity index is 1.37. The van der Waals surface area contributed by atoms with Gasteiger partial charge in [0.2, 0.25) is 17.7 Å². The number of anilines is 1. The maximum Gasteiger partial charge on any atom is 0.233 e. The highest BCUT2D eigenvalue weighted by atomic mass is 32.1. The molecule has 3 amide bonds. The van der Waals surface area contributed by atoms with Crippen LogP contribution in [0.3, 0.4) is 0 Å². The quantitative estimate of drug-likeness (QED) is 0.797. The van der Waals surface area contributed by atoms with E-state index in [9.17, 15) is 14.4 Å². The summed E-state index contributed by atoms with van der Waals surface area (Å²) in [6.07, 6.45) is 3.64. The van der Waals surface area contributed by atoms with Gasteiger partial charge in [-0.2, -0.15) is 0 Å². The lowest BCUT2D eigenvalue weighted by molar-refractivity contribution is -0.140. The second kappa shape index (κ2) is 7.26. The SMILES string of the molecule is COc1ccc2nc(NC(=O)CCN3C(=O)C4CCCCC4C3=O)sc2c1. The predicted molar refractivity (Wildman–Crippen MR) is 102 cm³/mol. The Morgan fingerprint density at radius 2 is 1.96 bits per heavy atom. The molecule has 1 aromatic heterocycles. The summed E-state index contributed by atoms with van der Waals surface area (Å²) in [5.41, 5.74) is 0.782.